The van der Waals surface area contributed by atoms with Gasteiger partial charge in [-0.2, -0.15) is 0 Å². The molecule has 1 fully saturated rings. The average Bonchev–Trinajstić information content (AvgIpc) is 2.78. The molecule has 1 unspecified atom stereocenters. The van der Waals surface area contributed by atoms with Crippen LogP contribution < -0.4 is 4.74 Å². The molecule has 6 heteroatoms. The van der Waals surface area contributed by atoms with Gasteiger partial charge in [-0.25, -0.2) is 0 Å². The van der Waals surface area contributed by atoms with Crippen molar-refractivity contribution in [2.24, 2.45) is 0 Å². The Bertz CT molecular complexity index is 610. The number of hydrogen-bond donors (Lipinski definition) is 0. The minimum absolute atomic E-state index is 0.141. The van der Waals surface area contributed by atoms with E-state index in [9.17, 15) is 4.79 Å². The molecule has 1 saturated heterocycles. The smallest absolute Gasteiger partial charge is 0.466 e. The molecule has 2 rings (SSSR count). The maximum Gasteiger partial charge on any atom is 0.466 e. The van der Waals surface area contributed by atoms with Crippen LogP contribution in [0.25, 0.3) is 0 Å². The Balaban J connectivity index is 2.38. The maximum absolute atomic E-state index is 12.0. The van der Waals surface area contributed by atoms with E-state index in [0.29, 0.717) is 12.4 Å². The number of para-hydroxylation sites is 1. The van der Waals surface area contributed by atoms with Crippen LogP contribution in [0.3, 0.4) is 0 Å². The fourth-order valence-electron chi connectivity index (χ4n) is 2.74. The van der Waals surface area contributed by atoms with Crippen molar-refractivity contribution >= 4 is 13.1 Å². The lowest BCUT2D eigenvalue weighted by atomic mass is 9.66. The summed E-state index contributed by atoms with van der Waals surface area (Å²) in [7, 11) is 0.807. The third-order valence-electron chi connectivity index (χ3n) is 4.89. The monoisotopic (exact) mass is 346 g/mol. The van der Waals surface area contributed by atoms with Crippen LogP contribution in [-0.4, -0.2) is 38.0 Å². The highest BCUT2D eigenvalue weighted by atomic mass is 16.7. The molecule has 1 aromatic carbocycles. The van der Waals surface area contributed by atoms with Gasteiger partial charge in [-0.3, -0.25) is 4.79 Å². The first-order chi connectivity index (χ1) is 11.7. The number of carbonyl (C=O) groups excluding carboxylic acids is 1. The van der Waals surface area contributed by atoms with Crippen molar-refractivity contribution in [3.8, 4) is 5.75 Å². The third kappa shape index (κ3) is 4.25. The number of carbonyl (C=O) groups is 1. The van der Waals surface area contributed by atoms with E-state index in [4.69, 9.17) is 18.8 Å². The Kier molecular flexibility index (Phi) is 5.96. The van der Waals surface area contributed by atoms with Crippen molar-refractivity contribution in [1.82, 2.24) is 0 Å². The fraction of sp³-hybridized carbons (Fsp3) is 0.526. The van der Waals surface area contributed by atoms with Crippen LogP contribution in [0.4, 0.5) is 0 Å². The second kappa shape index (κ2) is 7.62. The molecule has 1 aliphatic heterocycles. The van der Waals surface area contributed by atoms with Gasteiger partial charge in [-0.1, -0.05) is 30.9 Å². The van der Waals surface area contributed by atoms with Gasteiger partial charge in [0.25, 0.3) is 0 Å². The number of ether oxygens (including phenoxy) is 2. The Morgan fingerprint density at radius 1 is 1.24 bits per heavy atom. The molecule has 0 N–H and O–H groups in total. The number of benzene rings is 1. The van der Waals surface area contributed by atoms with Crippen molar-refractivity contribution < 1.29 is 23.6 Å². The predicted octanol–water partition coefficient (Wildman–Crippen LogP) is 3.53. The lowest BCUT2D eigenvalue weighted by molar-refractivity contribution is -0.140. The highest BCUT2D eigenvalue weighted by Crippen LogP contribution is 2.43. The van der Waals surface area contributed by atoms with Gasteiger partial charge < -0.3 is 18.8 Å². The zero-order chi connectivity index (χ0) is 18.7. The maximum atomic E-state index is 12.0. The minimum Gasteiger partial charge on any atom is -0.489 e. The molecular formula is C19H27BO5. The van der Waals surface area contributed by atoms with Crippen LogP contribution in [0.1, 0.15) is 45.5 Å². The van der Waals surface area contributed by atoms with Crippen molar-refractivity contribution in [2.75, 3.05) is 13.7 Å². The molecule has 5 nitrogen and oxygen atoms in total. The Labute approximate surface area is 150 Å². The first-order valence-electron chi connectivity index (χ1n) is 8.47. The average molecular weight is 346 g/mol. The summed E-state index contributed by atoms with van der Waals surface area (Å²) in [5.74, 6) is 0.0266. The molecule has 136 valence electrons. The van der Waals surface area contributed by atoms with Gasteiger partial charge >= 0.3 is 13.1 Å². The normalized spacial score (nSPS) is 19.3. The van der Waals surface area contributed by atoms with Gasteiger partial charge in [-0.05, 0) is 39.3 Å². The molecule has 0 bridgehead atoms. The molecule has 0 spiro atoms. The Hall–Kier alpha value is -1.79. The zero-order valence-corrected chi connectivity index (χ0v) is 15.7. The van der Waals surface area contributed by atoms with E-state index in [2.05, 4.69) is 6.58 Å². The SMILES string of the molecule is C=CCOc1ccccc1C(CC(=O)OC)B1OC(C)(C)C(C)(C)O1. The van der Waals surface area contributed by atoms with Crippen LogP contribution in [0, 0.1) is 0 Å². The highest BCUT2D eigenvalue weighted by molar-refractivity contribution is 6.48. The van der Waals surface area contributed by atoms with Crippen LogP contribution in [-0.2, 0) is 18.8 Å². The van der Waals surface area contributed by atoms with Gasteiger partial charge in [0, 0.05) is 5.82 Å². The Morgan fingerprint density at radius 2 is 1.84 bits per heavy atom. The van der Waals surface area contributed by atoms with Gasteiger partial charge in [0.05, 0.1) is 24.7 Å². The van der Waals surface area contributed by atoms with E-state index in [1.54, 1.807) is 6.08 Å². The van der Waals surface area contributed by atoms with Crippen LogP contribution >= 0.6 is 0 Å². The Morgan fingerprint density at radius 3 is 2.40 bits per heavy atom. The topological polar surface area (TPSA) is 54.0 Å². The summed E-state index contributed by atoms with van der Waals surface area (Å²) in [4.78, 5) is 12.0. The summed E-state index contributed by atoms with van der Waals surface area (Å²) < 4.78 is 23.0. The van der Waals surface area contributed by atoms with E-state index in [1.807, 2.05) is 52.0 Å². The van der Waals surface area contributed by atoms with E-state index in [1.165, 1.54) is 7.11 Å². The molecule has 0 saturated carbocycles. The minimum atomic E-state index is -0.572. The summed E-state index contributed by atoms with van der Waals surface area (Å²) in [6.07, 6.45) is 1.82. The third-order valence-corrected chi connectivity index (χ3v) is 4.89. The lowest BCUT2D eigenvalue weighted by Crippen LogP contribution is -2.41. The molecule has 0 radical (unpaired) electrons. The molecule has 25 heavy (non-hydrogen) atoms. The van der Waals surface area contributed by atoms with Gasteiger partial charge in [0.1, 0.15) is 12.4 Å². The molecular weight excluding hydrogens is 319 g/mol. The van der Waals surface area contributed by atoms with Crippen LogP contribution in [0.2, 0.25) is 0 Å². The van der Waals surface area contributed by atoms with E-state index in [0.717, 1.165) is 5.56 Å². The zero-order valence-electron chi connectivity index (χ0n) is 15.7. The molecule has 1 heterocycles. The van der Waals surface area contributed by atoms with Crippen LogP contribution in [0.15, 0.2) is 36.9 Å². The second-order valence-electron chi connectivity index (χ2n) is 7.15. The molecule has 0 aromatic heterocycles. The molecule has 1 aliphatic rings. The summed E-state index contributed by atoms with van der Waals surface area (Å²) >= 11 is 0. The largest absolute Gasteiger partial charge is 0.489 e. The van der Waals surface area contributed by atoms with Crippen molar-refractivity contribution in [1.29, 1.82) is 0 Å². The van der Waals surface area contributed by atoms with Crippen LogP contribution in [0.5, 0.6) is 5.75 Å². The van der Waals surface area contributed by atoms with Crippen molar-refractivity contribution in [2.45, 2.75) is 51.1 Å². The van der Waals surface area contributed by atoms with E-state index >= 15 is 0 Å². The predicted molar refractivity (Wildman–Crippen MR) is 97.6 cm³/mol. The number of esters is 1. The summed E-state index contributed by atoms with van der Waals surface area (Å²) in [5.41, 5.74) is -0.112. The van der Waals surface area contributed by atoms with Gasteiger partial charge in [-0.15, -0.1) is 0 Å². The first kappa shape index (κ1) is 19.5. The fourth-order valence-corrected chi connectivity index (χ4v) is 2.74. The number of methoxy groups -OCH3 is 1. The molecule has 1 atom stereocenters. The summed E-state index contributed by atoms with van der Waals surface area (Å²) in [6.45, 7) is 12.0. The number of hydrogen-bond acceptors (Lipinski definition) is 5. The van der Waals surface area contributed by atoms with Gasteiger partial charge in [0.15, 0.2) is 0 Å². The molecule has 0 amide bonds. The van der Waals surface area contributed by atoms with E-state index in [-0.39, 0.29) is 18.2 Å². The second-order valence-corrected chi connectivity index (χ2v) is 7.15. The van der Waals surface area contributed by atoms with E-state index < -0.39 is 18.3 Å². The highest BCUT2D eigenvalue weighted by Gasteiger charge is 2.54. The standard InChI is InChI=1S/C19H27BO5/c1-7-12-23-16-11-9-8-10-14(16)15(13-17(21)22-6)20-24-18(2,3)19(4,5)25-20/h7-11,15H,1,12-13H2,2-6H3. The van der Waals surface area contributed by atoms with Crippen molar-refractivity contribution in [3.63, 3.8) is 0 Å². The molecule has 1 aromatic rings. The van der Waals surface area contributed by atoms with Crippen molar-refractivity contribution in [3.05, 3.63) is 42.5 Å². The first-order valence-corrected chi connectivity index (χ1v) is 8.47. The van der Waals surface area contributed by atoms with Gasteiger partial charge in [0.2, 0.25) is 0 Å². The quantitative estimate of drug-likeness (QED) is 0.429. The lowest BCUT2D eigenvalue weighted by Gasteiger charge is -2.32. The molecule has 0 aliphatic carbocycles. The number of rotatable bonds is 7. The summed E-state index contributed by atoms with van der Waals surface area (Å²) in [6, 6.07) is 7.60. The summed E-state index contributed by atoms with van der Waals surface area (Å²) in [5, 5.41) is 0.